The van der Waals surface area contributed by atoms with Crippen molar-refractivity contribution in [2.45, 2.75) is 13.8 Å². The molecule has 6 nitrogen and oxygen atoms in total. The van der Waals surface area contributed by atoms with E-state index in [2.05, 4.69) is 5.32 Å². The van der Waals surface area contributed by atoms with Crippen molar-refractivity contribution < 1.29 is 14.3 Å². The van der Waals surface area contributed by atoms with Crippen LogP contribution in [0.3, 0.4) is 0 Å². The van der Waals surface area contributed by atoms with Crippen molar-refractivity contribution in [1.82, 2.24) is 5.32 Å². The summed E-state index contributed by atoms with van der Waals surface area (Å²) in [6.45, 7) is 3.58. The molecular weight excluding hydrogens is 270 g/mol. The van der Waals surface area contributed by atoms with Crippen molar-refractivity contribution in [3.63, 3.8) is 0 Å². The minimum atomic E-state index is -0.793. The molecular formula is C15H23N3O3. The third-order valence-corrected chi connectivity index (χ3v) is 3.23. The summed E-state index contributed by atoms with van der Waals surface area (Å²) in [6, 6.07) is 5.25. The van der Waals surface area contributed by atoms with Gasteiger partial charge in [-0.3, -0.25) is 9.59 Å². The molecule has 21 heavy (non-hydrogen) atoms. The maximum absolute atomic E-state index is 12.2. The van der Waals surface area contributed by atoms with E-state index in [0.717, 1.165) is 5.69 Å². The number of ether oxygens (including phenoxy) is 1. The zero-order valence-electron chi connectivity index (χ0n) is 13.2. The number of hydrogen-bond donors (Lipinski definition) is 2. The molecule has 0 radical (unpaired) electrons. The third kappa shape index (κ3) is 4.11. The molecule has 1 aromatic rings. The highest BCUT2D eigenvalue weighted by molar-refractivity contribution is 6.00. The number of nitrogens with one attached hydrogen (secondary N) is 1. The van der Waals surface area contributed by atoms with Crippen LogP contribution in [0.2, 0.25) is 0 Å². The highest BCUT2D eigenvalue weighted by Gasteiger charge is 2.29. The topological polar surface area (TPSA) is 84.7 Å². The number of nitrogens with zero attached hydrogens (tertiary/aromatic N) is 1. The number of nitrogens with two attached hydrogens (primary N) is 1. The Kier molecular flexibility index (Phi) is 5.18. The van der Waals surface area contributed by atoms with Crippen LogP contribution < -0.4 is 16.0 Å². The zero-order chi connectivity index (χ0) is 16.2. The molecule has 1 amide bonds. The van der Waals surface area contributed by atoms with Gasteiger partial charge in [-0.15, -0.1) is 0 Å². The Morgan fingerprint density at radius 2 is 1.95 bits per heavy atom. The Morgan fingerprint density at radius 3 is 2.48 bits per heavy atom. The lowest BCUT2D eigenvalue weighted by atomic mass is 9.93. The summed E-state index contributed by atoms with van der Waals surface area (Å²) < 4.78 is 4.71. The molecule has 1 rings (SSSR count). The van der Waals surface area contributed by atoms with Crippen molar-refractivity contribution >= 4 is 23.3 Å². The number of hydrogen-bond acceptors (Lipinski definition) is 5. The van der Waals surface area contributed by atoms with Gasteiger partial charge >= 0.3 is 5.97 Å². The molecule has 3 N–H and O–H groups in total. The van der Waals surface area contributed by atoms with Gasteiger partial charge in [0.1, 0.15) is 0 Å². The molecule has 116 valence electrons. The highest BCUT2D eigenvalue weighted by atomic mass is 16.5. The lowest BCUT2D eigenvalue weighted by molar-refractivity contribution is -0.150. The number of rotatable bonds is 5. The average molecular weight is 293 g/mol. The molecule has 0 fully saturated rings. The van der Waals surface area contributed by atoms with E-state index in [4.69, 9.17) is 10.5 Å². The first-order chi connectivity index (χ1) is 9.69. The number of carbonyl (C=O) groups excluding carboxylic acids is 2. The number of esters is 1. The third-order valence-electron chi connectivity index (χ3n) is 3.23. The lowest BCUT2D eigenvalue weighted by Gasteiger charge is -2.22. The number of methoxy groups -OCH3 is 1. The second-order valence-electron chi connectivity index (χ2n) is 5.72. The Hall–Kier alpha value is -2.24. The fourth-order valence-corrected chi connectivity index (χ4v) is 1.76. The molecule has 0 heterocycles. The minimum absolute atomic E-state index is 0.171. The van der Waals surface area contributed by atoms with E-state index < -0.39 is 5.41 Å². The lowest BCUT2D eigenvalue weighted by Crippen LogP contribution is -2.39. The van der Waals surface area contributed by atoms with Crippen LogP contribution in [-0.2, 0) is 9.53 Å². The molecule has 6 heteroatoms. The summed E-state index contributed by atoms with van der Waals surface area (Å²) >= 11 is 0. The maximum Gasteiger partial charge on any atom is 0.313 e. The minimum Gasteiger partial charge on any atom is -0.469 e. The fourth-order valence-electron chi connectivity index (χ4n) is 1.76. The molecule has 0 bridgehead atoms. The van der Waals surface area contributed by atoms with Crippen molar-refractivity contribution in [2.75, 3.05) is 38.4 Å². The molecule has 0 saturated carbocycles. The summed E-state index contributed by atoms with van der Waals surface area (Å²) in [4.78, 5) is 25.7. The molecule has 0 aliphatic rings. The molecule has 0 spiro atoms. The molecule has 0 aromatic heterocycles. The van der Waals surface area contributed by atoms with Crippen LogP contribution in [0.5, 0.6) is 0 Å². The van der Waals surface area contributed by atoms with E-state index in [0.29, 0.717) is 11.3 Å². The van der Waals surface area contributed by atoms with Gasteiger partial charge in [0.25, 0.3) is 5.91 Å². The largest absolute Gasteiger partial charge is 0.469 e. The van der Waals surface area contributed by atoms with E-state index in [1.165, 1.54) is 7.11 Å². The van der Waals surface area contributed by atoms with Crippen molar-refractivity contribution in [2.24, 2.45) is 5.41 Å². The molecule has 0 aliphatic heterocycles. The number of anilines is 2. The number of nitrogen functional groups attached to an aromatic ring is 1. The SMILES string of the molecule is COC(=O)C(C)(C)CNC(=O)c1cc(N(C)C)ccc1N. The van der Waals surface area contributed by atoms with Crippen molar-refractivity contribution in [3.05, 3.63) is 23.8 Å². The fraction of sp³-hybridized carbons (Fsp3) is 0.467. The monoisotopic (exact) mass is 293 g/mol. The van der Waals surface area contributed by atoms with Crippen LogP contribution in [0.1, 0.15) is 24.2 Å². The van der Waals surface area contributed by atoms with Crippen LogP contribution in [0.4, 0.5) is 11.4 Å². The second kappa shape index (κ2) is 6.47. The van der Waals surface area contributed by atoms with Crippen LogP contribution in [0.25, 0.3) is 0 Å². The Morgan fingerprint density at radius 1 is 1.33 bits per heavy atom. The van der Waals surface area contributed by atoms with Gasteiger partial charge in [0.2, 0.25) is 0 Å². The quantitative estimate of drug-likeness (QED) is 0.631. The number of carbonyl (C=O) groups is 2. The molecule has 0 saturated heterocycles. The van der Waals surface area contributed by atoms with Gasteiger partial charge < -0.3 is 20.7 Å². The molecule has 0 atom stereocenters. The average Bonchev–Trinajstić information content (AvgIpc) is 2.44. The summed E-state index contributed by atoms with van der Waals surface area (Å²) in [5.74, 6) is -0.689. The normalized spacial score (nSPS) is 10.9. The van der Waals surface area contributed by atoms with Gasteiger partial charge in [-0.05, 0) is 32.0 Å². The maximum atomic E-state index is 12.2. The van der Waals surface area contributed by atoms with Gasteiger partial charge in [0, 0.05) is 32.0 Å². The highest BCUT2D eigenvalue weighted by Crippen LogP contribution is 2.21. The first-order valence-corrected chi connectivity index (χ1v) is 6.62. The van der Waals surface area contributed by atoms with Gasteiger partial charge in [0.05, 0.1) is 18.1 Å². The van der Waals surface area contributed by atoms with Crippen LogP contribution in [0, 0.1) is 5.41 Å². The number of benzene rings is 1. The zero-order valence-corrected chi connectivity index (χ0v) is 13.2. The first kappa shape index (κ1) is 16.8. The van der Waals surface area contributed by atoms with Gasteiger partial charge in [-0.1, -0.05) is 0 Å². The summed E-state index contributed by atoms with van der Waals surface area (Å²) in [5.41, 5.74) is 6.72. The van der Waals surface area contributed by atoms with Gasteiger partial charge in [-0.25, -0.2) is 0 Å². The van der Waals surface area contributed by atoms with E-state index in [1.54, 1.807) is 26.0 Å². The predicted molar refractivity (Wildman–Crippen MR) is 83.3 cm³/mol. The molecule has 0 unspecified atom stereocenters. The van der Waals surface area contributed by atoms with E-state index in [9.17, 15) is 9.59 Å². The second-order valence-corrected chi connectivity index (χ2v) is 5.72. The van der Waals surface area contributed by atoms with E-state index >= 15 is 0 Å². The van der Waals surface area contributed by atoms with Gasteiger partial charge in [0.15, 0.2) is 0 Å². The predicted octanol–water partition coefficient (Wildman–Crippen LogP) is 1.26. The summed E-state index contributed by atoms with van der Waals surface area (Å²) in [5, 5.41) is 2.72. The first-order valence-electron chi connectivity index (χ1n) is 6.62. The Labute approximate surface area is 125 Å². The molecule has 1 aromatic carbocycles. The van der Waals surface area contributed by atoms with Crippen LogP contribution in [0.15, 0.2) is 18.2 Å². The molecule has 0 aliphatic carbocycles. The smallest absolute Gasteiger partial charge is 0.313 e. The van der Waals surface area contributed by atoms with E-state index in [-0.39, 0.29) is 18.4 Å². The van der Waals surface area contributed by atoms with Crippen molar-refractivity contribution in [1.29, 1.82) is 0 Å². The van der Waals surface area contributed by atoms with Crippen LogP contribution in [-0.4, -0.2) is 39.6 Å². The van der Waals surface area contributed by atoms with E-state index in [1.807, 2.05) is 25.1 Å². The number of amides is 1. The Balaban J connectivity index is 2.85. The standard InChI is InChI=1S/C15H23N3O3/c1-15(2,14(20)21-5)9-17-13(19)11-8-10(18(3)4)6-7-12(11)16/h6-8H,9,16H2,1-5H3,(H,17,19). The van der Waals surface area contributed by atoms with Crippen LogP contribution >= 0.6 is 0 Å². The summed E-state index contributed by atoms with van der Waals surface area (Å²) in [6.07, 6.45) is 0. The van der Waals surface area contributed by atoms with Gasteiger partial charge in [-0.2, -0.15) is 0 Å². The Bertz CT molecular complexity index is 539. The van der Waals surface area contributed by atoms with Crippen molar-refractivity contribution in [3.8, 4) is 0 Å². The summed E-state index contributed by atoms with van der Waals surface area (Å²) in [7, 11) is 5.09.